The van der Waals surface area contributed by atoms with Crippen LogP contribution in [0, 0.1) is 11.3 Å². The SMILES string of the molecule is NC1CC2(C(F)(F)F)CC1C2. The standard InChI is InChI=1S/C7H10F3N/c8-7(9,10)6-1-4(2-6)5(11)3-6/h4-5H,1-3,11H2. The van der Waals surface area contributed by atoms with Gasteiger partial charge in [-0.15, -0.1) is 0 Å². The van der Waals surface area contributed by atoms with Gasteiger partial charge in [0, 0.05) is 6.04 Å². The van der Waals surface area contributed by atoms with E-state index >= 15 is 0 Å². The molecule has 0 aliphatic heterocycles. The zero-order valence-electron chi connectivity index (χ0n) is 5.99. The maximum atomic E-state index is 12.3. The first-order chi connectivity index (χ1) is 4.95. The van der Waals surface area contributed by atoms with Gasteiger partial charge in [-0.05, 0) is 25.2 Å². The van der Waals surface area contributed by atoms with Crippen LogP contribution in [0.25, 0.3) is 0 Å². The summed E-state index contributed by atoms with van der Waals surface area (Å²) >= 11 is 0. The Morgan fingerprint density at radius 3 is 1.91 bits per heavy atom. The van der Waals surface area contributed by atoms with Crippen molar-refractivity contribution in [3.05, 3.63) is 0 Å². The molecular weight excluding hydrogens is 155 g/mol. The van der Waals surface area contributed by atoms with Gasteiger partial charge in [0.2, 0.25) is 0 Å². The van der Waals surface area contributed by atoms with E-state index in [1.165, 1.54) is 0 Å². The Hall–Kier alpha value is -0.250. The molecule has 0 aromatic rings. The maximum Gasteiger partial charge on any atom is 0.394 e. The number of halogens is 3. The predicted octanol–water partition coefficient (Wildman–Crippen LogP) is 1.68. The Bertz CT molecular complexity index is 181. The number of rotatable bonds is 0. The lowest BCUT2D eigenvalue weighted by Gasteiger charge is -2.39. The van der Waals surface area contributed by atoms with E-state index in [2.05, 4.69) is 0 Å². The zero-order chi connectivity index (χ0) is 8.28. The Kier molecular flexibility index (Phi) is 1.17. The first-order valence-electron chi connectivity index (χ1n) is 3.77. The smallest absolute Gasteiger partial charge is 0.327 e. The van der Waals surface area contributed by atoms with Gasteiger partial charge in [0.1, 0.15) is 0 Å². The van der Waals surface area contributed by atoms with Crippen molar-refractivity contribution in [3.8, 4) is 0 Å². The first-order valence-corrected chi connectivity index (χ1v) is 3.77. The summed E-state index contributed by atoms with van der Waals surface area (Å²) in [6.45, 7) is 0. The number of fused-ring (bicyclic) bond motifs is 1. The number of hydrogen-bond donors (Lipinski definition) is 1. The third-order valence-electron chi connectivity index (χ3n) is 3.14. The lowest BCUT2D eigenvalue weighted by atomic mass is 9.69. The van der Waals surface area contributed by atoms with E-state index in [4.69, 9.17) is 5.73 Å². The van der Waals surface area contributed by atoms with Gasteiger partial charge >= 0.3 is 6.18 Å². The van der Waals surface area contributed by atoms with Gasteiger partial charge in [-0.3, -0.25) is 0 Å². The van der Waals surface area contributed by atoms with E-state index in [1.54, 1.807) is 0 Å². The molecule has 2 N–H and O–H groups in total. The molecule has 2 bridgehead atoms. The quantitative estimate of drug-likeness (QED) is 0.580. The van der Waals surface area contributed by atoms with Crippen molar-refractivity contribution in [1.82, 2.24) is 0 Å². The summed E-state index contributed by atoms with van der Waals surface area (Å²) in [5.41, 5.74) is 4.12. The Labute approximate surface area is 62.8 Å². The van der Waals surface area contributed by atoms with Gasteiger partial charge in [-0.1, -0.05) is 0 Å². The Morgan fingerprint density at radius 2 is 1.73 bits per heavy atom. The normalized spacial score (nSPS) is 49.1. The molecule has 0 saturated heterocycles. The lowest BCUT2D eigenvalue weighted by Crippen LogP contribution is -2.42. The third kappa shape index (κ3) is 0.760. The second kappa shape index (κ2) is 1.73. The Balaban J connectivity index is 2.18. The largest absolute Gasteiger partial charge is 0.394 e. The molecule has 0 aromatic heterocycles. The van der Waals surface area contributed by atoms with Crippen molar-refractivity contribution in [3.63, 3.8) is 0 Å². The molecule has 0 amide bonds. The van der Waals surface area contributed by atoms with Crippen LogP contribution in [0.5, 0.6) is 0 Å². The van der Waals surface area contributed by atoms with Crippen LogP contribution in [0.3, 0.4) is 0 Å². The minimum Gasteiger partial charge on any atom is -0.327 e. The molecule has 0 aromatic carbocycles. The molecule has 3 aliphatic carbocycles. The highest BCUT2D eigenvalue weighted by molar-refractivity contribution is 5.10. The summed E-state index contributed by atoms with van der Waals surface area (Å²) in [5, 5.41) is 0. The number of hydrogen-bond acceptors (Lipinski definition) is 1. The molecule has 11 heavy (non-hydrogen) atoms. The van der Waals surface area contributed by atoms with Crippen LogP contribution in [0.2, 0.25) is 0 Å². The van der Waals surface area contributed by atoms with Crippen molar-refractivity contribution in [2.24, 2.45) is 17.1 Å². The molecule has 3 saturated carbocycles. The first kappa shape index (κ1) is 7.40. The van der Waals surface area contributed by atoms with Gasteiger partial charge in [0.25, 0.3) is 0 Å². The van der Waals surface area contributed by atoms with E-state index in [1.807, 2.05) is 0 Å². The van der Waals surface area contributed by atoms with Gasteiger partial charge in [0.05, 0.1) is 5.41 Å². The highest BCUT2D eigenvalue weighted by Crippen LogP contribution is 2.65. The highest BCUT2D eigenvalue weighted by atomic mass is 19.4. The van der Waals surface area contributed by atoms with Crippen LogP contribution in [0.15, 0.2) is 0 Å². The molecule has 3 aliphatic rings. The molecule has 0 heterocycles. The summed E-state index contributed by atoms with van der Waals surface area (Å²) in [6.07, 6.45) is -3.31. The summed E-state index contributed by atoms with van der Waals surface area (Å²) in [4.78, 5) is 0. The molecule has 3 fully saturated rings. The van der Waals surface area contributed by atoms with Crippen LogP contribution < -0.4 is 5.73 Å². The van der Waals surface area contributed by atoms with Crippen LogP contribution in [-0.4, -0.2) is 12.2 Å². The van der Waals surface area contributed by atoms with Crippen LogP contribution in [-0.2, 0) is 0 Å². The van der Waals surface area contributed by atoms with Crippen molar-refractivity contribution in [2.75, 3.05) is 0 Å². The zero-order valence-corrected chi connectivity index (χ0v) is 5.99. The third-order valence-corrected chi connectivity index (χ3v) is 3.14. The molecule has 4 heteroatoms. The fraction of sp³-hybridized carbons (Fsp3) is 1.00. The average Bonchev–Trinajstić information content (AvgIpc) is 2.13. The summed E-state index contributed by atoms with van der Waals surface area (Å²) < 4.78 is 36.9. The van der Waals surface area contributed by atoms with Gasteiger partial charge in [-0.25, -0.2) is 0 Å². The molecule has 1 unspecified atom stereocenters. The molecule has 64 valence electrons. The number of nitrogens with two attached hydrogens (primary N) is 1. The monoisotopic (exact) mass is 165 g/mol. The molecular formula is C7H10F3N. The average molecular weight is 165 g/mol. The molecule has 3 rings (SSSR count). The fourth-order valence-corrected chi connectivity index (χ4v) is 2.38. The second-order valence-electron chi connectivity index (χ2n) is 3.81. The topological polar surface area (TPSA) is 26.0 Å². The van der Waals surface area contributed by atoms with E-state index in [0.717, 1.165) is 0 Å². The minimum absolute atomic E-state index is 0.150. The van der Waals surface area contributed by atoms with Gasteiger partial charge < -0.3 is 5.73 Å². The van der Waals surface area contributed by atoms with E-state index in [0.29, 0.717) is 0 Å². The molecule has 0 radical (unpaired) electrons. The van der Waals surface area contributed by atoms with Crippen LogP contribution in [0.1, 0.15) is 19.3 Å². The lowest BCUT2D eigenvalue weighted by molar-refractivity contribution is -0.244. The second-order valence-corrected chi connectivity index (χ2v) is 3.81. The van der Waals surface area contributed by atoms with Gasteiger partial charge in [0.15, 0.2) is 0 Å². The van der Waals surface area contributed by atoms with Crippen LogP contribution >= 0.6 is 0 Å². The van der Waals surface area contributed by atoms with E-state index in [9.17, 15) is 13.2 Å². The Morgan fingerprint density at radius 1 is 1.18 bits per heavy atom. The van der Waals surface area contributed by atoms with Crippen molar-refractivity contribution < 1.29 is 13.2 Å². The van der Waals surface area contributed by atoms with E-state index < -0.39 is 11.6 Å². The fourth-order valence-electron chi connectivity index (χ4n) is 2.38. The van der Waals surface area contributed by atoms with Crippen LogP contribution in [0.4, 0.5) is 13.2 Å². The summed E-state index contributed by atoms with van der Waals surface area (Å²) in [5.74, 6) is 0.150. The summed E-state index contributed by atoms with van der Waals surface area (Å²) in [6, 6.07) is -0.198. The summed E-state index contributed by atoms with van der Waals surface area (Å²) in [7, 11) is 0. The van der Waals surface area contributed by atoms with Crippen molar-refractivity contribution in [1.29, 1.82) is 0 Å². The predicted molar refractivity (Wildman–Crippen MR) is 33.8 cm³/mol. The molecule has 0 spiro atoms. The van der Waals surface area contributed by atoms with Gasteiger partial charge in [-0.2, -0.15) is 13.2 Å². The molecule has 1 nitrogen and oxygen atoms in total. The van der Waals surface area contributed by atoms with E-state index in [-0.39, 0.29) is 31.2 Å². The van der Waals surface area contributed by atoms with Crippen molar-refractivity contribution in [2.45, 2.75) is 31.5 Å². The number of alkyl halides is 3. The minimum atomic E-state index is -4.02. The van der Waals surface area contributed by atoms with Crippen molar-refractivity contribution >= 4 is 0 Å². The highest BCUT2D eigenvalue weighted by Gasteiger charge is 2.67. The maximum absolute atomic E-state index is 12.3. The molecule has 1 atom stereocenters.